The largest absolute Gasteiger partial charge is 0.477 e. The van der Waals surface area contributed by atoms with Crippen molar-refractivity contribution < 1.29 is 42.9 Å². The molecule has 0 spiro atoms. The number of carbonyl (C=O) groups is 3. The third-order valence-corrected chi connectivity index (χ3v) is 15.2. The second-order valence-electron chi connectivity index (χ2n) is 24.8. The van der Waals surface area contributed by atoms with Gasteiger partial charge in [-0.25, -0.2) is 4.79 Å². The van der Waals surface area contributed by atoms with Crippen molar-refractivity contribution >= 4 is 17.9 Å². The smallest absolute Gasteiger partial charge is 0.361 e. The number of carboxylic acid groups (broad SMARTS) is 1. The van der Waals surface area contributed by atoms with Crippen LogP contribution in [-0.2, 0) is 33.3 Å². The predicted octanol–water partition coefficient (Wildman–Crippen LogP) is 22.5. The van der Waals surface area contributed by atoms with Crippen LogP contribution in [-0.4, -0.2) is 87.4 Å². The number of nitrogens with zero attached hydrogens (tertiary/aromatic N) is 1. The fourth-order valence-electron chi connectivity index (χ4n) is 9.73. The lowest BCUT2D eigenvalue weighted by molar-refractivity contribution is -0.870. The Morgan fingerprint density at radius 2 is 0.648 bits per heavy atom. The van der Waals surface area contributed by atoms with Crippen LogP contribution in [0.2, 0.25) is 0 Å². The van der Waals surface area contributed by atoms with Gasteiger partial charge in [0.25, 0.3) is 6.29 Å². The van der Waals surface area contributed by atoms with Gasteiger partial charge in [-0.1, -0.05) is 314 Å². The number of unbranched alkanes of at least 4 members (excludes halogenated alkanes) is 28. The van der Waals surface area contributed by atoms with Gasteiger partial charge in [0.15, 0.2) is 6.10 Å². The van der Waals surface area contributed by atoms with E-state index in [1.54, 1.807) is 0 Å². The number of esters is 2. The zero-order valence-corrected chi connectivity index (χ0v) is 57.3. The molecule has 502 valence electrons. The zero-order chi connectivity index (χ0) is 64.0. The van der Waals surface area contributed by atoms with Crippen LogP contribution in [0.4, 0.5) is 0 Å². The van der Waals surface area contributed by atoms with Crippen molar-refractivity contribution in [2.75, 3.05) is 47.5 Å². The average molecular weight is 1230 g/mol. The fourth-order valence-corrected chi connectivity index (χ4v) is 9.73. The van der Waals surface area contributed by atoms with Crippen molar-refractivity contribution in [2.24, 2.45) is 0 Å². The van der Waals surface area contributed by atoms with Gasteiger partial charge in [-0.15, -0.1) is 0 Å². The first-order valence-electron chi connectivity index (χ1n) is 35.8. The van der Waals surface area contributed by atoms with E-state index in [0.717, 1.165) is 109 Å². The highest BCUT2D eigenvalue weighted by Gasteiger charge is 2.25. The first-order chi connectivity index (χ1) is 43.1. The summed E-state index contributed by atoms with van der Waals surface area (Å²) >= 11 is 0. The second kappa shape index (κ2) is 68.3. The molecule has 1 N–H and O–H groups in total. The number of allylic oxidation sites excluding steroid dienone is 22. The van der Waals surface area contributed by atoms with Crippen LogP contribution >= 0.6 is 0 Å². The molecule has 0 bridgehead atoms. The number of ether oxygens (including phenoxy) is 4. The fraction of sp³-hybridized carbons (Fsp3) is 0.684. The maximum absolute atomic E-state index is 12.9. The summed E-state index contributed by atoms with van der Waals surface area (Å²) in [6.45, 7) is 4.74. The predicted molar refractivity (Wildman–Crippen MR) is 377 cm³/mol. The number of carbonyl (C=O) groups excluding carboxylic acids is 2. The van der Waals surface area contributed by atoms with E-state index < -0.39 is 24.3 Å². The molecule has 0 saturated heterocycles. The maximum Gasteiger partial charge on any atom is 0.361 e. The molecule has 0 saturated carbocycles. The van der Waals surface area contributed by atoms with E-state index in [4.69, 9.17) is 18.9 Å². The van der Waals surface area contributed by atoms with E-state index in [1.165, 1.54) is 148 Å². The van der Waals surface area contributed by atoms with Gasteiger partial charge in [-0.2, -0.15) is 0 Å². The van der Waals surface area contributed by atoms with Crippen LogP contribution in [0.25, 0.3) is 0 Å². The van der Waals surface area contributed by atoms with E-state index in [2.05, 4.69) is 148 Å². The number of rotatable bonds is 65. The Kier molecular flexibility index (Phi) is 64.8. The molecule has 9 nitrogen and oxygen atoms in total. The Morgan fingerprint density at radius 1 is 0.352 bits per heavy atom. The molecule has 0 radical (unpaired) electrons. The van der Waals surface area contributed by atoms with Gasteiger partial charge >= 0.3 is 17.9 Å². The van der Waals surface area contributed by atoms with Crippen molar-refractivity contribution in [1.82, 2.24) is 0 Å². The molecule has 2 unspecified atom stereocenters. The first kappa shape index (κ1) is 83.4. The van der Waals surface area contributed by atoms with Gasteiger partial charge in [0.2, 0.25) is 0 Å². The summed E-state index contributed by atoms with van der Waals surface area (Å²) in [6.07, 6.45) is 95.7. The summed E-state index contributed by atoms with van der Waals surface area (Å²) in [5.74, 6) is -2.05. The van der Waals surface area contributed by atoms with E-state index in [0.29, 0.717) is 23.9 Å². The molecule has 88 heavy (non-hydrogen) atoms. The van der Waals surface area contributed by atoms with Crippen LogP contribution in [0, 0.1) is 0 Å². The third-order valence-electron chi connectivity index (χ3n) is 15.2. The van der Waals surface area contributed by atoms with Crippen molar-refractivity contribution in [2.45, 2.75) is 302 Å². The third kappa shape index (κ3) is 68.9. The molecule has 0 aromatic carbocycles. The van der Waals surface area contributed by atoms with E-state index in [-0.39, 0.29) is 32.2 Å². The Balaban J connectivity index is 4.23. The summed E-state index contributed by atoms with van der Waals surface area (Å²) in [5, 5.41) is 9.75. The van der Waals surface area contributed by atoms with Gasteiger partial charge in [0, 0.05) is 12.8 Å². The molecule has 0 amide bonds. The van der Waals surface area contributed by atoms with Crippen LogP contribution in [0.15, 0.2) is 134 Å². The second-order valence-corrected chi connectivity index (χ2v) is 24.8. The average Bonchev–Trinajstić information content (AvgIpc) is 3.54. The SMILES string of the molecule is CC/C=C\C/C=C\C/C=C\C/C=C\C/C=C\C/C=C\C/C=C\C/C=C\C/C=C\C/C=C\C/C=C\CCCCCC(=O)OC(COC(=O)CCCCCCCCCCCCCCCCCCCCCCCCCCCC)COC(OCC[N+](C)(C)C)C(=O)O. The number of quaternary nitrogens is 1. The molecule has 9 heteroatoms. The minimum absolute atomic E-state index is 0.175. The first-order valence-corrected chi connectivity index (χ1v) is 35.8. The highest BCUT2D eigenvalue weighted by atomic mass is 16.7. The minimum atomic E-state index is -1.53. The summed E-state index contributed by atoms with van der Waals surface area (Å²) < 4.78 is 22.9. The monoisotopic (exact) mass is 1230 g/mol. The van der Waals surface area contributed by atoms with Gasteiger partial charge in [0.05, 0.1) is 34.4 Å². The molecule has 0 aliphatic heterocycles. The lowest BCUT2D eigenvalue weighted by Crippen LogP contribution is -2.40. The molecular weight excluding hydrogens is 1090 g/mol. The standard InChI is InChI=1S/C79H133NO8/c1-6-8-10-12-14-16-18-20-22-24-26-28-30-32-34-35-36-37-38-39-40-41-42-43-44-46-48-50-52-54-56-58-60-62-64-66-68-70-77(82)88-75(74-87-79(78(83)84)85-72-71-80(3,4)5)73-86-76(81)69-67-65-63-61-59-57-55-53-51-49-47-45-33-31-29-27-25-23-21-19-17-15-13-11-9-7-2/h8,10,14,16,20,22,26,28,32,34,36-37,39-40,42-43,46,48,52,54,58,60,75,79H,6-7,9,11-13,15,17-19,21,23-25,27,29-31,33,35,38,41,44-45,47,49-51,53,55-57,59,61-74H2,1-5H3/p+1/b10-8-,16-14-,22-20-,28-26-,34-32-,37-36-,40-39-,43-42-,48-46-,54-52-,60-58-. The van der Waals surface area contributed by atoms with E-state index >= 15 is 0 Å². The van der Waals surface area contributed by atoms with Crippen molar-refractivity contribution in [3.05, 3.63) is 134 Å². The molecule has 0 aromatic heterocycles. The van der Waals surface area contributed by atoms with Crippen molar-refractivity contribution in [3.8, 4) is 0 Å². The molecular formula is C79H134NO8+. The number of likely N-dealkylation sites (N-methyl/N-ethyl adjacent to an activating group) is 1. The molecule has 0 aliphatic rings. The van der Waals surface area contributed by atoms with E-state index in [1.807, 2.05) is 21.1 Å². The normalized spacial score (nSPS) is 13.5. The van der Waals surface area contributed by atoms with Crippen LogP contribution < -0.4 is 0 Å². The lowest BCUT2D eigenvalue weighted by atomic mass is 10.0. The summed E-state index contributed by atoms with van der Waals surface area (Å²) in [4.78, 5) is 37.6. The summed E-state index contributed by atoms with van der Waals surface area (Å²) in [7, 11) is 5.96. The van der Waals surface area contributed by atoms with Crippen LogP contribution in [0.3, 0.4) is 0 Å². The highest BCUT2D eigenvalue weighted by Crippen LogP contribution is 2.17. The Bertz CT molecular complexity index is 1910. The van der Waals surface area contributed by atoms with Gasteiger partial charge in [-0.05, 0) is 96.3 Å². The van der Waals surface area contributed by atoms with Crippen molar-refractivity contribution in [1.29, 1.82) is 0 Å². The summed E-state index contributed by atoms with van der Waals surface area (Å²) in [5.41, 5.74) is 0. The van der Waals surface area contributed by atoms with Gasteiger partial charge in [0.1, 0.15) is 13.2 Å². The van der Waals surface area contributed by atoms with Crippen LogP contribution in [0.5, 0.6) is 0 Å². The number of hydrogen-bond acceptors (Lipinski definition) is 7. The topological polar surface area (TPSA) is 108 Å². The Hall–Kier alpha value is -4.57. The van der Waals surface area contributed by atoms with Gasteiger partial charge in [-0.3, -0.25) is 9.59 Å². The zero-order valence-electron chi connectivity index (χ0n) is 57.3. The Morgan fingerprint density at radius 3 is 0.966 bits per heavy atom. The molecule has 0 rings (SSSR count). The number of carboxylic acids is 1. The lowest BCUT2D eigenvalue weighted by Gasteiger charge is -2.25. The molecule has 0 aromatic rings. The van der Waals surface area contributed by atoms with Crippen LogP contribution in [0.1, 0.15) is 290 Å². The number of hydrogen-bond donors (Lipinski definition) is 1. The number of aliphatic carboxylic acids is 1. The van der Waals surface area contributed by atoms with E-state index in [9.17, 15) is 19.5 Å². The maximum atomic E-state index is 12.9. The Labute approximate surface area is 541 Å². The molecule has 0 heterocycles. The highest BCUT2D eigenvalue weighted by molar-refractivity contribution is 5.71. The molecule has 0 fully saturated rings. The van der Waals surface area contributed by atoms with Crippen molar-refractivity contribution in [3.63, 3.8) is 0 Å². The molecule has 2 atom stereocenters. The summed E-state index contributed by atoms with van der Waals surface area (Å²) in [6, 6.07) is 0. The quantitative estimate of drug-likeness (QED) is 0.0211. The van der Waals surface area contributed by atoms with Gasteiger partial charge < -0.3 is 28.5 Å². The minimum Gasteiger partial charge on any atom is -0.477 e. The molecule has 0 aliphatic carbocycles.